The first-order valence-corrected chi connectivity index (χ1v) is 8.48. The molecule has 2 rings (SSSR count). The number of ether oxygens (including phenoxy) is 1. The number of urea groups is 1. The summed E-state index contributed by atoms with van der Waals surface area (Å²) in [6, 6.07) is 10.4. The van der Waals surface area contributed by atoms with Gasteiger partial charge in [0, 0.05) is 6.42 Å². The van der Waals surface area contributed by atoms with Crippen molar-refractivity contribution in [2.75, 3.05) is 6.61 Å². The topological polar surface area (TPSA) is 128 Å². The number of hydrogen-bond donors (Lipinski definition) is 3. The van der Waals surface area contributed by atoms with Crippen molar-refractivity contribution in [1.82, 2.24) is 10.6 Å². The number of thiophene rings is 1. The van der Waals surface area contributed by atoms with E-state index in [-0.39, 0.29) is 6.42 Å². The van der Waals surface area contributed by atoms with E-state index in [9.17, 15) is 19.2 Å². The highest BCUT2D eigenvalue weighted by atomic mass is 32.1. The third kappa shape index (κ3) is 6.02. The molecule has 0 saturated carbocycles. The van der Waals surface area contributed by atoms with Crippen LogP contribution in [0.25, 0.3) is 0 Å². The van der Waals surface area contributed by atoms with Crippen molar-refractivity contribution in [1.29, 1.82) is 0 Å². The Morgan fingerprint density at radius 3 is 2.42 bits per heavy atom. The van der Waals surface area contributed by atoms with Gasteiger partial charge in [-0.1, -0.05) is 36.4 Å². The number of imide groups is 1. The molecule has 8 nitrogen and oxygen atoms in total. The second-order valence-corrected chi connectivity index (χ2v) is 6.16. The zero-order valence-corrected chi connectivity index (χ0v) is 14.5. The van der Waals surface area contributed by atoms with Crippen LogP contribution in [-0.2, 0) is 20.7 Å². The Morgan fingerprint density at radius 1 is 1.08 bits per heavy atom. The van der Waals surface area contributed by atoms with Crippen LogP contribution in [0.3, 0.4) is 0 Å². The van der Waals surface area contributed by atoms with Crippen LogP contribution in [0.4, 0.5) is 4.79 Å². The van der Waals surface area contributed by atoms with Gasteiger partial charge < -0.3 is 15.8 Å². The SMILES string of the molecule is NC(=O)NC(=O)COC(=O)[C@@H](Cc1ccccc1)NC(=O)c1cccs1. The first-order chi connectivity index (χ1) is 12.5. The monoisotopic (exact) mass is 375 g/mol. The number of hydrogen-bond acceptors (Lipinski definition) is 6. The first kappa shape index (κ1) is 19.1. The summed E-state index contributed by atoms with van der Waals surface area (Å²) in [6.07, 6.45) is 0.189. The molecule has 0 unspecified atom stereocenters. The summed E-state index contributed by atoms with van der Waals surface area (Å²) < 4.78 is 4.89. The maximum Gasteiger partial charge on any atom is 0.329 e. The Bertz CT molecular complexity index is 777. The third-order valence-electron chi connectivity index (χ3n) is 3.23. The normalized spacial score (nSPS) is 11.2. The maximum absolute atomic E-state index is 12.3. The summed E-state index contributed by atoms with van der Waals surface area (Å²) in [7, 11) is 0. The minimum atomic E-state index is -1.04. The Hall–Kier alpha value is -3.20. The van der Waals surface area contributed by atoms with Crippen molar-refractivity contribution >= 4 is 35.2 Å². The van der Waals surface area contributed by atoms with Crippen molar-refractivity contribution in [3.63, 3.8) is 0 Å². The van der Waals surface area contributed by atoms with E-state index in [1.165, 1.54) is 11.3 Å². The van der Waals surface area contributed by atoms with Gasteiger partial charge in [-0.3, -0.25) is 14.9 Å². The van der Waals surface area contributed by atoms with Crippen LogP contribution in [0.5, 0.6) is 0 Å². The molecule has 4 amide bonds. The Kier molecular flexibility index (Phi) is 6.86. The van der Waals surface area contributed by atoms with Crippen LogP contribution >= 0.6 is 11.3 Å². The highest BCUT2D eigenvalue weighted by Gasteiger charge is 2.24. The number of amides is 4. The average Bonchev–Trinajstić information content (AvgIpc) is 3.14. The summed E-state index contributed by atoms with van der Waals surface area (Å²) in [6.45, 7) is -0.679. The van der Waals surface area contributed by atoms with Crippen LogP contribution < -0.4 is 16.4 Å². The fourth-order valence-electron chi connectivity index (χ4n) is 2.09. The minimum absolute atomic E-state index is 0.189. The van der Waals surface area contributed by atoms with Gasteiger partial charge in [0.25, 0.3) is 11.8 Å². The Morgan fingerprint density at radius 2 is 1.81 bits per heavy atom. The predicted octanol–water partition coefficient (Wildman–Crippen LogP) is 0.827. The fraction of sp³-hybridized carbons (Fsp3) is 0.176. The lowest BCUT2D eigenvalue weighted by molar-refractivity contribution is -0.150. The van der Waals surface area contributed by atoms with E-state index in [0.29, 0.717) is 4.88 Å². The van der Waals surface area contributed by atoms with Gasteiger partial charge in [-0.15, -0.1) is 11.3 Å². The highest BCUT2D eigenvalue weighted by molar-refractivity contribution is 7.12. The molecule has 0 aliphatic carbocycles. The summed E-state index contributed by atoms with van der Waals surface area (Å²) in [5, 5.41) is 6.14. The summed E-state index contributed by atoms with van der Waals surface area (Å²) in [4.78, 5) is 47.0. The number of carbonyl (C=O) groups is 4. The van der Waals surface area contributed by atoms with Crippen molar-refractivity contribution in [2.45, 2.75) is 12.5 Å². The molecule has 26 heavy (non-hydrogen) atoms. The summed E-state index contributed by atoms with van der Waals surface area (Å²) in [5.41, 5.74) is 5.62. The van der Waals surface area contributed by atoms with Crippen LogP contribution in [0.1, 0.15) is 15.2 Å². The lowest BCUT2D eigenvalue weighted by Crippen LogP contribution is -2.45. The van der Waals surface area contributed by atoms with E-state index in [4.69, 9.17) is 10.5 Å². The van der Waals surface area contributed by atoms with Crippen LogP contribution in [0.2, 0.25) is 0 Å². The van der Waals surface area contributed by atoms with Crippen molar-refractivity contribution in [3.8, 4) is 0 Å². The molecule has 136 valence electrons. The molecule has 9 heteroatoms. The fourth-order valence-corrected chi connectivity index (χ4v) is 2.72. The number of nitrogens with two attached hydrogens (primary N) is 1. The predicted molar refractivity (Wildman–Crippen MR) is 94.4 cm³/mol. The van der Waals surface area contributed by atoms with E-state index in [1.807, 2.05) is 6.07 Å². The van der Waals surface area contributed by atoms with Crippen LogP contribution in [0, 0.1) is 0 Å². The molecule has 2 aromatic rings. The first-order valence-electron chi connectivity index (χ1n) is 7.60. The molecule has 0 saturated heterocycles. The van der Waals surface area contributed by atoms with Gasteiger partial charge in [0.1, 0.15) is 6.04 Å². The van der Waals surface area contributed by atoms with Crippen molar-refractivity contribution in [2.24, 2.45) is 5.73 Å². The van der Waals surface area contributed by atoms with Gasteiger partial charge in [0.15, 0.2) is 6.61 Å². The van der Waals surface area contributed by atoms with Gasteiger partial charge in [0.05, 0.1) is 4.88 Å². The molecule has 1 aromatic heterocycles. The second kappa shape index (κ2) is 9.33. The number of rotatable bonds is 7. The zero-order chi connectivity index (χ0) is 18.9. The molecular weight excluding hydrogens is 358 g/mol. The third-order valence-corrected chi connectivity index (χ3v) is 4.09. The van der Waals surface area contributed by atoms with Crippen molar-refractivity contribution in [3.05, 3.63) is 58.3 Å². The van der Waals surface area contributed by atoms with Gasteiger partial charge in [0.2, 0.25) is 0 Å². The van der Waals surface area contributed by atoms with Crippen molar-refractivity contribution < 1.29 is 23.9 Å². The van der Waals surface area contributed by atoms with Crippen LogP contribution in [0.15, 0.2) is 47.8 Å². The Labute approximate surface area is 153 Å². The molecule has 1 atom stereocenters. The Balaban J connectivity index is 2.03. The lowest BCUT2D eigenvalue weighted by Gasteiger charge is -2.17. The van der Waals surface area contributed by atoms with E-state index in [0.717, 1.165) is 5.56 Å². The molecule has 0 spiro atoms. The van der Waals surface area contributed by atoms with Crippen LogP contribution in [-0.4, -0.2) is 36.5 Å². The van der Waals surface area contributed by atoms with Gasteiger partial charge in [-0.25, -0.2) is 9.59 Å². The molecule has 4 N–H and O–H groups in total. The molecule has 0 aliphatic heterocycles. The van der Waals surface area contributed by atoms with E-state index < -0.39 is 36.5 Å². The largest absolute Gasteiger partial charge is 0.454 e. The van der Waals surface area contributed by atoms with E-state index >= 15 is 0 Å². The highest BCUT2D eigenvalue weighted by Crippen LogP contribution is 2.10. The zero-order valence-electron chi connectivity index (χ0n) is 13.6. The summed E-state index contributed by atoms with van der Waals surface area (Å²) >= 11 is 1.24. The molecule has 0 fully saturated rings. The average molecular weight is 375 g/mol. The van der Waals surface area contributed by atoms with E-state index in [2.05, 4.69) is 5.32 Å². The second-order valence-electron chi connectivity index (χ2n) is 5.21. The molecule has 1 aromatic carbocycles. The maximum atomic E-state index is 12.3. The standard InChI is InChI=1S/C17H17N3O5S/c18-17(24)20-14(21)10-25-16(23)12(9-11-5-2-1-3-6-11)19-15(22)13-7-4-8-26-13/h1-8,12H,9-10H2,(H,19,22)(H3,18,20,21,24)/t12-/m1/s1. The molecule has 0 radical (unpaired) electrons. The molecular formula is C17H17N3O5S. The van der Waals surface area contributed by atoms with Gasteiger partial charge in [-0.2, -0.15) is 0 Å². The quantitative estimate of drug-likeness (QED) is 0.618. The number of esters is 1. The smallest absolute Gasteiger partial charge is 0.329 e. The number of carbonyl (C=O) groups excluding carboxylic acids is 4. The number of nitrogens with one attached hydrogen (secondary N) is 2. The lowest BCUT2D eigenvalue weighted by atomic mass is 10.1. The van der Waals surface area contributed by atoms with Gasteiger partial charge >= 0.3 is 12.0 Å². The summed E-state index contributed by atoms with van der Waals surface area (Å²) in [5.74, 6) is -2.06. The van der Waals surface area contributed by atoms with E-state index in [1.54, 1.807) is 47.1 Å². The molecule has 0 bridgehead atoms. The molecule has 0 aliphatic rings. The molecule has 1 heterocycles. The number of benzene rings is 1. The van der Waals surface area contributed by atoms with Gasteiger partial charge in [-0.05, 0) is 17.0 Å². The number of primary amides is 1. The minimum Gasteiger partial charge on any atom is -0.454 e.